The standard InChI is InChI=1S/C21H27FN2O3/c1-24(15-16-6-4-3-5-7-16)13-12-18(21(25)23-26)14-20(27-2)17-8-10-19(22)11-9-17/h3-11,18,20,26H,12-15H2,1-2H3,(H,23,25)/t18-,20+/m0/s1. The van der Waals surface area contributed by atoms with Gasteiger partial charge in [-0.3, -0.25) is 10.0 Å². The van der Waals surface area contributed by atoms with Crippen LogP contribution in [0.15, 0.2) is 54.6 Å². The number of carbonyl (C=O) groups excluding carboxylic acids is 1. The van der Waals surface area contributed by atoms with Gasteiger partial charge < -0.3 is 9.64 Å². The lowest BCUT2D eigenvalue weighted by Gasteiger charge is -2.24. The summed E-state index contributed by atoms with van der Waals surface area (Å²) in [7, 11) is 3.55. The first-order chi connectivity index (χ1) is 13.0. The molecular weight excluding hydrogens is 347 g/mol. The average molecular weight is 374 g/mol. The zero-order valence-electron chi connectivity index (χ0n) is 15.8. The van der Waals surface area contributed by atoms with Gasteiger partial charge >= 0.3 is 0 Å². The van der Waals surface area contributed by atoms with Crippen molar-refractivity contribution in [1.29, 1.82) is 0 Å². The summed E-state index contributed by atoms with van der Waals surface area (Å²) in [6.45, 7) is 1.47. The van der Waals surface area contributed by atoms with Gasteiger partial charge in [0.2, 0.25) is 5.91 Å². The monoisotopic (exact) mass is 374 g/mol. The summed E-state index contributed by atoms with van der Waals surface area (Å²) in [6, 6.07) is 16.1. The third-order valence-electron chi connectivity index (χ3n) is 4.66. The number of nitrogens with zero attached hydrogens (tertiary/aromatic N) is 1. The first-order valence-electron chi connectivity index (χ1n) is 8.98. The van der Waals surface area contributed by atoms with E-state index < -0.39 is 11.8 Å². The Morgan fingerprint density at radius 2 is 1.85 bits per heavy atom. The number of hydrogen-bond donors (Lipinski definition) is 2. The fourth-order valence-corrected chi connectivity index (χ4v) is 3.10. The summed E-state index contributed by atoms with van der Waals surface area (Å²) in [4.78, 5) is 14.3. The van der Waals surface area contributed by atoms with Crippen LogP contribution in [0, 0.1) is 11.7 Å². The number of benzene rings is 2. The number of hydroxylamine groups is 1. The highest BCUT2D eigenvalue weighted by Gasteiger charge is 2.24. The summed E-state index contributed by atoms with van der Waals surface area (Å²) >= 11 is 0. The predicted octanol–water partition coefficient (Wildman–Crippen LogP) is 3.55. The summed E-state index contributed by atoms with van der Waals surface area (Å²) in [5.74, 6) is -1.18. The fourth-order valence-electron chi connectivity index (χ4n) is 3.10. The van der Waals surface area contributed by atoms with Gasteiger partial charge in [0, 0.05) is 19.6 Å². The Kier molecular flexibility index (Phi) is 8.39. The molecule has 0 radical (unpaired) electrons. The minimum atomic E-state index is -0.438. The van der Waals surface area contributed by atoms with E-state index in [-0.39, 0.29) is 11.9 Å². The molecular formula is C21H27FN2O3. The molecule has 146 valence electrons. The van der Waals surface area contributed by atoms with Crippen LogP contribution in [0.4, 0.5) is 4.39 Å². The summed E-state index contributed by atoms with van der Waals surface area (Å²) in [5, 5.41) is 9.09. The van der Waals surface area contributed by atoms with Crippen molar-refractivity contribution < 1.29 is 19.1 Å². The van der Waals surface area contributed by atoms with E-state index in [1.165, 1.54) is 17.7 Å². The van der Waals surface area contributed by atoms with Crippen molar-refractivity contribution >= 4 is 5.91 Å². The second-order valence-corrected chi connectivity index (χ2v) is 6.70. The van der Waals surface area contributed by atoms with Gasteiger partial charge in [0.05, 0.1) is 6.10 Å². The van der Waals surface area contributed by atoms with Gasteiger partial charge in [-0.25, -0.2) is 9.87 Å². The van der Waals surface area contributed by atoms with E-state index in [9.17, 15) is 9.18 Å². The van der Waals surface area contributed by atoms with Crippen LogP contribution in [0.5, 0.6) is 0 Å². The van der Waals surface area contributed by atoms with Crippen LogP contribution < -0.4 is 5.48 Å². The van der Waals surface area contributed by atoms with Crippen LogP contribution >= 0.6 is 0 Å². The fraction of sp³-hybridized carbons (Fsp3) is 0.381. The van der Waals surface area contributed by atoms with E-state index in [4.69, 9.17) is 9.94 Å². The van der Waals surface area contributed by atoms with Crippen molar-refractivity contribution in [1.82, 2.24) is 10.4 Å². The zero-order chi connectivity index (χ0) is 19.6. The van der Waals surface area contributed by atoms with Gasteiger partial charge in [0.25, 0.3) is 0 Å². The highest BCUT2D eigenvalue weighted by Crippen LogP contribution is 2.27. The molecule has 0 fully saturated rings. The van der Waals surface area contributed by atoms with Gasteiger partial charge in [0.15, 0.2) is 0 Å². The molecule has 0 aliphatic rings. The summed E-state index contributed by atoms with van der Waals surface area (Å²) < 4.78 is 18.7. The van der Waals surface area contributed by atoms with E-state index in [1.54, 1.807) is 24.7 Å². The van der Waals surface area contributed by atoms with E-state index in [0.717, 1.165) is 12.1 Å². The molecule has 2 N–H and O–H groups in total. The highest BCUT2D eigenvalue weighted by atomic mass is 19.1. The van der Waals surface area contributed by atoms with Crippen LogP contribution in [0.2, 0.25) is 0 Å². The third kappa shape index (κ3) is 6.75. The average Bonchev–Trinajstić information content (AvgIpc) is 2.69. The molecule has 2 atom stereocenters. The Labute approximate surface area is 159 Å². The maximum absolute atomic E-state index is 13.1. The first kappa shape index (κ1) is 21.0. The first-order valence-corrected chi connectivity index (χ1v) is 8.98. The molecule has 0 spiro atoms. The van der Waals surface area contributed by atoms with Gasteiger partial charge in [0.1, 0.15) is 5.82 Å². The van der Waals surface area contributed by atoms with Crippen molar-refractivity contribution in [2.45, 2.75) is 25.5 Å². The molecule has 0 aliphatic carbocycles. The van der Waals surface area contributed by atoms with Gasteiger partial charge in [-0.2, -0.15) is 0 Å². The van der Waals surface area contributed by atoms with E-state index in [2.05, 4.69) is 17.0 Å². The van der Waals surface area contributed by atoms with Crippen molar-refractivity contribution in [3.05, 3.63) is 71.5 Å². The Bertz CT molecular complexity index is 694. The van der Waals surface area contributed by atoms with E-state index in [0.29, 0.717) is 19.4 Å². The molecule has 0 saturated carbocycles. The molecule has 0 aromatic heterocycles. The lowest BCUT2D eigenvalue weighted by atomic mass is 9.93. The van der Waals surface area contributed by atoms with Crippen LogP contribution in [0.1, 0.15) is 30.1 Å². The molecule has 1 amide bonds. The van der Waals surface area contributed by atoms with Crippen LogP contribution in [-0.4, -0.2) is 36.7 Å². The zero-order valence-corrected chi connectivity index (χ0v) is 15.8. The van der Waals surface area contributed by atoms with Crippen LogP contribution in [0.25, 0.3) is 0 Å². The molecule has 5 nitrogen and oxygen atoms in total. The predicted molar refractivity (Wildman–Crippen MR) is 102 cm³/mol. The molecule has 2 aromatic carbocycles. The summed E-state index contributed by atoms with van der Waals surface area (Å²) in [6.07, 6.45) is 0.608. The maximum Gasteiger partial charge on any atom is 0.246 e. The molecule has 6 heteroatoms. The lowest BCUT2D eigenvalue weighted by molar-refractivity contribution is -0.135. The normalized spacial score (nSPS) is 13.4. The maximum atomic E-state index is 13.1. The Balaban J connectivity index is 1.97. The highest BCUT2D eigenvalue weighted by molar-refractivity contribution is 5.77. The topological polar surface area (TPSA) is 61.8 Å². The van der Waals surface area contributed by atoms with Gasteiger partial charge in [-0.05, 0) is 49.7 Å². The Morgan fingerprint density at radius 3 is 2.44 bits per heavy atom. The van der Waals surface area contributed by atoms with Crippen LogP contribution in [-0.2, 0) is 16.1 Å². The van der Waals surface area contributed by atoms with Crippen molar-refractivity contribution in [2.75, 3.05) is 20.7 Å². The van der Waals surface area contributed by atoms with Crippen LogP contribution in [0.3, 0.4) is 0 Å². The van der Waals surface area contributed by atoms with Gasteiger partial charge in [-0.15, -0.1) is 0 Å². The molecule has 2 aromatic rings. The third-order valence-corrected chi connectivity index (χ3v) is 4.66. The number of methoxy groups -OCH3 is 1. The second kappa shape index (κ2) is 10.8. The smallest absolute Gasteiger partial charge is 0.246 e. The second-order valence-electron chi connectivity index (χ2n) is 6.70. The SMILES string of the molecule is CO[C@H](C[C@H](CCN(C)Cc1ccccc1)C(=O)NO)c1ccc(F)cc1. The molecule has 0 unspecified atom stereocenters. The molecule has 0 aliphatic heterocycles. The number of ether oxygens (including phenoxy) is 1. The van der Waals surface area contributed by atoms with E-state index >= 15 is 0 Å². The molecule has 2 rings (SSSR count). The molecule has 0 heterocycles. The van der Waals surface area contributed by atoms with Crippen molar-refractivity contribution in [3.8, 4) is 0 Å². The van der Waals surface area contributed by atoms with Crippen molar-refractivity contribution in [3.63, 3.8) is 0 Å². The largest absolute Gasteiger partial charge is 0.377 e. The number of hydrogen-bond acceptors (Lipinski definition) is 4. The number of amides is 1. The number of nitrogens with one attached hydrogen (secondary N) is 1. The minimum absolute atomic E-state index is 0.319. The van der Waals surface area contributed by atoms with E-state index in [1.807, 2.05) is 25.2 Å². The summed E-state index contributed by atoms with van der Waals surface area (Å²) in [5.41, 5.74) is 3.75. The Hall–Kier alpha value is -2.28. The quantitative estimate of drug-likeness (QED) is 0.493. The minimum Gasteiger partial charge on any atom is -0.377 e. The molecule has 27 heavy (non-hydrogen) atoms. The number of halogens is 1. The molecule has 0 saturated heterocycles. The number of rotatable bonds is 10. The molecule has 0 bridgehead atoms. The van der Waals surface area contributed by atoms with Crippen molar-refractivity contribution in [2.24, 2.45) is 5.92 Å². The Morgan fingerprint density at radius 1 is 1.19 bits per heavy atom. The lowest BCUT2D eigenvalue weighted by Crippen LogP contribution is -2.32. The number of carbonyl (C=O) groups is 1. The van der Waals surface area contributed by atoms with Gasteiger partial charge in [-0.1, -0.05) is 42.5 Å².